The summed E-state index contributed by atoms with van der Waals surface area (Å²) in [6.07, 6.45) is 0.663. The van der Waals surface area contributed by atoms with Crippen LogP contribution in [0, 0.1) is 0 Å². The summed E-state index contributed by atoms with van der Waals surface area (Å²) in [4.78, 5) is 0. The molecule has 17 heavy (non-hydrogen) atoms. The number of methoxy groups -OCH3 is 1. The quantitative estimate of drug-likeness (QED) is 0.901. The van der Waals surface area contributed by atoms with Crippen molar-refractivity contribution in [2.45, 2.75) is 6.10 Å². The van der Waals surface area contributed by atoms with Crippen LogP contribution in [0.15, 0.2) is 43.9 Å². The van der Waals surface area contributed by atoms with Gasteiger partial charge in [-0.25, -0.2) is 0 Å². The zero-order chi connectivity index (χ0) is 12.4. The summed E-state index contributed by atoms with van der Waals surface area (Å²) in [5.41, 5.74) is 0.659. The van der Waals surface area contributed by atoms with Crippen molar-refractivity contribution < 1.29 is 14.3 Å². The molecule has 1 aromatic heterocycles. The molecule has 3 nitrogen and oxygen atoms in total. The van der Waals surface area contributed by atoms with Crippen LogP contribution in [0.4, 0.5) is 0 Å². The van der Waals surface area contributed by atoms with E-state index in [9.17, 15) is 5.11 Å². The van der Waals surface area contributed by atoms with Crippen LogP contribution in [0.3, 0.4) is 0 Å². The van der Waals surface area contributed by atoms with E-state index in [1.54, 1.807) is 25.3 Å². The Morgan fingerprint density at radius 1 is 1.29 bits per heavy atom. The molecule has 0 saturated carbocycles. The van der Waals surface area contributed by atoms with Gasteiger partial charge >= 0.3 is 0 Å². The standard InChI is InChI=1S/C12H10Br2O3/c1-16-10-6-7(13)2-3-8(10)11(15)12-9(14)4-5-17-12/h2-6,11,15H,1H3. The number of ether oxygens (including phenoxy) is 1. The molecule has 0 saturated heterocycles. The number of furan rings is 1. The summed E-state index contributed by atoms with van der Waals surface area (Å²) >= 11 is 6.68. The SMILES string of the molecule is COc1cc(Br)ccc1C(O)c1occc1Br. The summed E-state index contributed by atoms with van der Waals surface area (Å²) in [7, 11) is 1.56. The minimum absolute atomic E-state index is 0.464. The highest BCUT2D eigenvalue weighted by Gasteiger charge is 2.20. The van der Waals surface area contributed by atoms with E-state index in [2.05, 4.69) is 31.9 Å². The Balaban J connectivity index is 2.44. The lowest BCUT2D eigenvalue weighted by atomic mass is 10.1. The smallest absolute Gasteiger partial charge is 0.151 e. The van der Waals surface area contributed by atoms with Crippen LogP contribution in [0.1, 0.15) is 17.4 Å². The van der Waals surface area contributed by atoms with Crippen LogP contribution < -0.4 is 4.74 Å². The van der Waals surface area contributed by atoms with Crippen molar-refractivity contribution in [2.24, 2.45) is 0 Å². The summed E-state index contributed by atoms with van der Waals surface area (Å²) in [6.45, 7) is 0. The van der Waals surface area contributed by atoms with E-state index < -0.39 is 6.10 Å². The fourth-order valence-corrected chi connectivity index (χ4v) is 2.31. The lowest BCUT2D eigenvalue weighted by Gasteiger charge is -2.13. The van der Waals surface area contributed by atoms with Crippen molar-refractivity contribution in [3.05, 3.63) is 50.8 Å². The van der Waals surface area contributed by atoms with E-state index in [4.69, 9.17) is 9.15 Å². The predicted molar refractivity (Wildman–Crippen MR) is 71.2 cm³/mol. The molecule has 1 atom stereocenters. The van der Waals surface area contributed by atoms with Gasteiger partial charge in [0.05, 0.1) is 17.8 Å². The largest absolute Gasteiger partial charge is 0.496 e. The van der Waals surface area contributed by atoms with E-state index in [-0.39, 0.29) is 0 Å². The van der Waals surface area contributed by atoms with E-state index in [1.807, 2.05) is 6.07 Å². The molecule has 0 bridgehead atoms. The molecule has 0 radical (unpaired) electrons. The number of rotatable bonds is 3. The molecule has 5 heteroatoms. The zero-order valence-corrected chi connectivity index (χ0v) is 12.2. The summed E-state index contributed by atoms with van der Waals surface area (Å²) < 4.78 is 12.1. The molecule has 1 aromatic carbocycles. The third-order valence-electron chi connectivity index (χ3n) is 2.38. The lowest BCUT2D eigenvalue weighted by molar-refractivity contribution is 0.184. The van der Waals surface area contributed by atoms with Crippen LogP contribution >= 0.6 is 31.9 Å². The van der Waals surface area contributed by atoms with E-state index in [0.29, 0.717) is 17.1 Å². The van der Waals surface area contributed by atoms with Crippen LogP contribution in [0.2, 0.25) is 0 Å². The van der Waals surface area contributed by atoms with Gasteiger partial charge in [-0.05, 0) is 34.1 Å². The first-order valence-electron chi connectivity index (χ1n) is 4.88. The number of aliphatic hydroxyl groups is 1. The molecular formula is C12H10Br2O3. The molecular weight excluding hydrogens is 352 g/mol. The molecule has 0 aliphatic heterocycles. The molecule has 1 unspecified atom stereocenters. The molecule has 1 N–H and O–H groups in total. The van der Waals surface area contributed by atoms with Gasteiger partial charge in [-0.15, -0.1) is 0 Å². The highest BCUT2D eigenvalue weighted by molar-refractivity contribution is 9.10. The molecule has 0 aliphatic rings. The fourth-order valence-electron chi connectivity index (χ4n) is 1.55. The van der Waals surface area contributed by atoms with Crippen molar-refractivity contribution in [1.29, 1.82) is 0 Å². The topological polar surface area (TPSA) is 42.6 Å². The molecule has 0 fully saturated rings. The number of benzene rings is 1. The predicted octanol–water partition coefficient (Wildman–Crippen LogP) is 3.89. The summed E-state index contributed by atoms with van der Waals surface area (Å²) in [6, 6.07) is 7.18. The molecule has 2 aromatic rings. The van der Waals surface area contributed by atoms with E-state index >= 15 is 0 Å². The van der Waals surface area contributed by atoms with Crippen molar-refractivity contribution in [2.75, 3.05) is 7.11 Å². The van der Waals surface area contributed by atoms with Gasteiger partial charge in [0.25, 0.3) is 0 Å². The van der Waals surface area contributed by atoms with Crippen LogP contribution in [-0.4, -0.2) is 12.2 Å². The third kappa shape index (κ3) is 2.56. The van der Waals surface area contributed by atoms with Gasteiger partial charge in [-0.1, -0.05) is 22.0 Å². The van der Waals surface area contributed by atoms with Crippen LogP contribution in [0.25, 0.3) is 0 Å². The Labute approximate surface area is 116 Å². The maximum Gasteiger partial charge on any atom is 0.151 e. The lowest BCUT2D eigenvalue weighted by Crippen LogP contribution is -2.01. The second-order valence-electron chi connectivity index (χ2n) is 3.42. The molecule has 90 valence electrons. The Kier molecular flexibility index (Phi) is 3.91. The summed E-state index contributed by atoms with van der Waals surface area (Å²) in [5, 5.41) is 10.2. The second-order valence-corrected chi connectivity index (χ2v) is 5.19. The number of hydrogen-bond acceptors (Lipinski definition) is 3. The van der Waals surface area contributed by atoms with Gasteiger partial charge in [-0.3, -0.25) is 0 Å². The average Bonchev–Trinajstić information content (AvgIpc) is 2.74. The van der Waals surface area contributed by atoms with Crippen molar-refractivity contribution in [3.8, 4) is 5.75 Å². The van der Waals surface area contributed by atoms with Gasteiger partial charge < -0.3 is 14.3 Å². The number of aliphatic hydroxyl groups excluding tert-OH is 1. The first-order chi connectivity index (χ1) is 8.13. The van der Waals surface area contributed by atoms with Gasteiger partial charge in [0.2, 0.25) is 0 Å². The van der Waals surface area contributed by atoms with Gasteiger partial charge in [0, 0.05) is 10.0 Å². The fraction of sp³-hybridized carbons (Fsp3) is 0.167. The molecule has 1 heterocycles. The second kappa shape index (κ2) is 5.25. The molecule has 0 amide bonds. The average molecular weight is 362 g/mol. The van der Waals surface area contributed by atoms with Crippen LogP contribution in [0.5, 0.6) is 5.75 Å². The van der Waals surface area contributed by atoms with Gasteiger partial charge in [-0.2, -0.15) is 0 Å². The third-order valence-corrected chi connectivity index (χ3v) is 3.53. The Hall–Kier alpha value is -0.780. The molecule has 0 spiro atoms. The Morgan fingerprint density at radius 2 is 2.06 bits per heavy atom. The van der Waals surface area contributed by atoms with Gasteiger partial charge in [0.15, 0.2) is 5.76 Å². The Bertz CT molecular complexity index is 522. The van der Waals surface area contributed by atoms with Crippen molar-refractivity contribution >= 4 is 31.9 Å². The normalized spacial score (nSPS) is 12.5. The highest BCUT2D eigenvalue weighted by Crippen LogP contribution is 2.35. The molecule has 0 aliphatic carbocycles. The molecule has 2 rings (SSSR count). The zero-order valence-electron chi connectivity index (χ0n) is 8.98. The van der Waals surface area contributed by atoms with Crippen molar-refractivity contribution in [3.63, 3.8) is 0 Å². The van der Waals surface area contributed by atoms with E-state index in [0.717, 1.165) is 8.95 Å². The maximum absolute atomic E-state index is 10.2. The maximum atomic E-state index is 10.2. The first kappa shape index (κ1) is 12.7. The number of hydrogen-bond donors (Lipinski definition) is 1. The highest BCUT2D eigenvalue weighted by atomic mass is 79.9. The Morgan fingerprint density at radius 3 is 2.65 bits per heavy atom. The first-order valence-corrected chi connectivity index (χ1v) is 6.46. The minimum Gasteiger partial charge on any atom is -0.496 e. The minimum atomic E-state index is -0.859. The monoisotopic (exact) mass is 360 g/mol. The van der Waals surface area contributed by atoms with E-state index in [1.165, 1.54) is 6.26 Å². The van der Waals surface area contributed by atoms with Gasteiger partial charge in [0.1, 0.15) is 11.9 Å². The summed E-state index contributed by atoms with van der Waals surface area (Å²) in [5.74, 6) is 1.07. The number of halogens is 2. The van der Waals surface area contributed by atoms with Crippen LogP contribution in [-0.2, 0) is 0 Å². The van der Waals surface area contributed by atoms with Crippen molar-refractivity contribution in [1.82, 2.24) is 0 Å².